The molecule has 0 aliphatic heterocycles. The van der Waals surface area contributed by atoms with Crippen LogP contribution in [0.15, 0.2) is 4.73 Å². The molecule has 0 N–H and O–H groups in total. The SMILES string of the molecule is O=[N+]([O-])c1nc(Br)n(C[B-](F)(F)F)n1. The average molecular weight is 274 g/mol. The third-order valence-electron chi connectivity index (χ3n) is 1.16. The molecule has 0 unspecified atom stereocenters. The van der Waals surface area contributed by atoms with E-state index in [0.29, 0.717) is 4.68 Å². The summed E-state index contributed by atoms with van der Waals surface area (Å²) in [4.78, 5) is 12.3. The van der Waals surface area contributed by atoms with Gasteiger partial charge in [0.2, 0.25) is 0 Å². The van der Waals surface area contributed by atoms with Gasteiger partial charge in [-0.2, -0.15) is 4.68 Å². The van der Waals surface area contributed by atoms with E-state index in [-0.39, 0.29) is 4.73 Å². The lowest BCUT2D eigenvalue weighted by molar-refractivity contribution is -0.394. The molecule has 1 heterocycles. The van der Waals surface area contributed by atoms with E-state index in [1.807, 2.05) is 0 Å². The maximum absolute atomic E-state index is 11.9. The number of hydrogen-bond acceptors (Lipinski definition) is 4. The first kappa shape index (κ1) is 11.0. The summed E-state index contributed by atoms with van der Waals surface area (Å²) in [6, 6.07) is 0. The molecule has 1 rings (SSSR count). The van der Waals surface area contributed by atoms with Gasteiger partial charge in [0.25, 0.3) is 4.73 Å². The molecule has 0 spiro atoms. The highest BCUT2D eigenvalue weighted by atomic mass is 79.9. The summed E-state index contributed by atoms with van der Waals surface area (Å²) in [5.41, 5.74) is 0. The second-order valence-electron chi connectivity index (χ2n) is 2.33. The fraction of sp³-hybridized carbons (Fsp3) is 0.333. The highest BCUT2D eigenvalue weighted by Crippen LogP contribution is 2.17. The van der Waals surface area contributed by atoms with Gasteiger partial charge in [-0.25, -0.2) is 0 Å². The van der Waals surface area contributed by atoms with E-state index in [2.05, 4.69) is 26.0 Å². The Balaban J connectivity index is 2.94. The predicted octanol–water partition coefficient (Wildman–Crippen LogP) is 1.34. The van der Waals surface area contributed by atoms with Crippen molar-refractivity contribution in [2.24, 2.45) is 0 Å². The van der Waals surface area contributed by atoms with Crippen LogP contribution in [0.1, 0.15) is 0 Å². The van der Waals surface area contributed by atoms with Gasteiger partial charge in [0.1, 0.15) is 0 Å². The molecule has 6 nitrogen and oxygen atoms in total. The van der Waals surface area contributed by atoms with Crippen LogP contribution in [0.4, 0.5) is 18.9 Å². The van der Waals surface area contributed by atoms with Crippen molar-refractivity contribution < 1.29 is 17.9 Å². The second kappa shape index (κ2) is 3.56. The Labute approximate surface area is 83.4 Å². The van der Waals surface area contributed by atoms with Crippen LogP contribution < -0.4 is 0 Å². The first-order valence-corrected chi connectivity index (χ1v) is 4.04. The van der Waals surface area contributed by atoms with Crippen molar-refractivity contribution in [2.45, 2.75) is 6.44 Å². The summed E-state index contributed by atoms with van der Waals surface area (Å²) in [6.07, 6.45) is -1.36. The monoisotopic (exact) mass is 273 g/mol. The van der Waals surface area contributed by atoms with Crippen LogP contribution in [0.5, 0.6) is 0 Å². The molecule has 11 heteroatoms. The fourth-order valence-electron chi connectivity index (χ4n) is 0.701. The van der Waals surface area contributed by atoms with Gasteiger partial charge in [-0.3, -0.25) is 0 Å². The smallest absolute Gasteiger partial charge is 0.448 e. The molecule has 0 radical (unpaired) electrons. The number of nitrogens with zero attached hydrogens (tertiary/aromatic N) is 4. The zero-order valence-corrected chi connectivity index (χ0v) is 7.99. The van der Waals surface area contributed by atoms with Gasteiger partial charge in [0.05, 0.1) is 0 Å². The Morgan fingerprint density at radius 2 is 2.14 bits per heavy atom. The topological polar surface area (TPSA) is 73.8 Å². The highest BCUT2D eigenvalue weighted by molar-refractivity contribution is 9.10. The van der Waals surface area contributed by atoms with Crippen molar-refractivity contribution in [1.29, 1.82) is 0 Å². The van der Waals surface area contributed by atoms with Crippen LogP contribution in [0.2, 0.25) is 0 Å². The zero-order chi connectivity index (χ0) is 10.9. The van der Waals surface area contributed by atoms with Crippen molar-refractivity contribution in [2.75, 3.05) is 0 Å². The van der Waals surface area contributed by atoms with Crippen molar-refractivity contribution in [3.63, 3.8) is 0 Å². The normalized spacial score (nSPS) is 11.7. The molecule has 0 saturated carbocycles. The lowest BCUT2D eigenvalue weighted by Gasteiger charge is -2.10. The van der Waals surface area contributed by atoms with Gasteiger partial charge < -0.3 is 23.1 Å². The molecule has 0 aliphatic rings. The Kier molecular flexibility index (Phi) is 2.78. The van der Waals surface area contributed by atoms with Crippen molar-refractivity contribution in [1.82, 2.24) is 14.8 Å². The quantitative estimate of drug-likeness (QED) is 0.473. The predicted molar refractivity (Wildman–Crippen MR) is 43.5 cm³/mol. The number of halogens is 4. The molecule has 0 atom stereocenters. The summed E-state index contributed by atoms with van der Waals surface area (Å²) in [5, 5.41) is 13.2. The molecule has 0 aliphatic carbocycles. The van der Waals surface area contributed by atoms with Gasteiger partial charge in [-0.05, 0) is 9.91 Å². The lowest BCUT2D eigenvalue weighted by Crippen LogP contribution is -2.25. The highest BCUT2D eigenvalue weighted by Gasteiger charge is 2.29. The second-order valence-corrected chi connectivity index (χ2v) is 3.04. The maximum Gasteiger partial charge on any atom is 0.500 e. The first-order chi connectivity index (χ1) is 6.29. The zero-order valence-electron chi connectivity index (χ0n) is 6.40. The molecule has 14 heavy (non-hydrogen) atoms. The Morgan fingerprint density at radius 3 is 2.50 bits per heavy atom. The van der Waals surface area contributed by atoms with Crippen LogP contribution in [-0.2, 0) is 6.44 Å². The van der Waals surface area contributed by atoms with Crippen molar-refractivity contribution >= 4 is 28.9 Å². The number of hydrogen-bond donors (Lipinski definition) is 0. The summed E-state index contributed by atoms with van der Waals surface area (Å²) in [5.74, 6) is -0.864. The van der Waals surface area contributed by atoms with Gasteiger partial charge in [-0.15, -0.1) is 0 Å². The van der Waals surface area contributed by atoms with E-state index in [0.717, 1.165) is 0 Å². The summed E-state index contributed by atoms with van der Waals surface area (Å²) in [6.45, 7) is -5.10. The molecule has 0 bridgehead atoms. The number of aromatic nitrogens is 3. The van der Waals surface area contributed by atoms with Crippen LogP contribution in [0, 0.1) is 10.1 Å². The van der Waals surface area contributed by atoms with Crippen molar-refractivity contribution in [3.05, 3.63) is 14.8 Å². The number of nitro groups is 1. The van der Waals surface area contributed by atoms with Gasteiger partial charge in [-0.1, -0.05) is 0 Å². The standard InChI is InChI=1S/C3H2BBrF3N4O2/c5-2-9-3(12(13)14)10-11(2)1-4(6,7)8/h1H2/q-1. The molecular formula is C3H2BBrF3N4O2-. The van der Waals surface area contributed by atoms with Gasteiger partial charge >= 0.3 is 12.9 Å². The summed E-state index contributed by atoms with van der Waals surface area (Å²) >= 11 is 2.63. The lowest BCUT2D eigenvalue weighted by atomic mass is 9.93. The first-order valence-electron chi connectivity index (χ1n) is 3.25. The molecule has 1 aromatic heterocycles. The van der Waals surface area contributed by atoms with Gasteiger partial charge in [0.15, 0.2) is 0 Å². The van der Waals surface area contributed by atoms with Crippen molar-refractivity contribution in [3.8, 4) is 0 Å². The summed E-state index contributed by atoms with van der Waals surface area (Å²) in [7, 11) is 0. The van der Waals surface area contributed by atoms with E-state index in [4.69, 9.17) is 0 Å². The van der Waals surface area contributed by atoms with E-state index in [1.54, 1.807) is 0 Å². The molecular weight excluding hydrogens is 272 g/mol. The molecule has 0 amide bonds. The van der Waals surface area contributed by atoms with Crippen LogP contribution in [-0.4, -0.2) is 26.7 Å². The van der Waals surface area contributed by atoms with Crippen LogP contribution in [0.3, 0.4) is 0 Å². The third kappa shape index (κ3) is 2.68. The van der Waals surface area contributed by atoms with Gasteiger partial charge in [0, 0.05) is 27.5 Å². The minimum absolute atomic E-state index is 0.316. The van der Waals surface area contributed by atoms with E-state index < -0.39 is 24.3 Å². The maximum atomic E-state index is 11.9. The van der Waals surface area contributed by atoms with E-state index >= 15 is 0 Å². The average Bonchev–Trinajstić information content (AvgIpc) is 2.29. The molecule has 0 saturated heterocycles. The minimum atomic E-state index is -5.10. The number of rotatable bonds is 3. The third-order valence-corrected chi connectivity index (χ3v) is 1.75. The molecule has 78 valence electrons. The fourth-order valence-corrected chi connectivity index (χ4v) is 1.08. The molecule has 1 aromatic rings. The van der Waals surface area contributed by atoms with E-state index in [9.17, 15) is 23.1 Å². The Bertz CT molecular complexity index is 365. The summed E-state index contributed by atoms with van der Waals surface area (Å²) < 4.78 is 35.8. The Hall–Kier alpha value is -1.13. The minimum Gasteiger partial charge on any atom is -0.448 e. The van der Waals surface area contributed by atoms with Crippen LogP contribution >= 0.6 is 15.9 Å². The van der Waals surface area contributed by atoms with E-state index in [1.165, 1.54) is 0 Å². The Morgan fingerprint density at radius 1 is 1.57 bits per heavy atom. The molecule has 0 aromatic carbocycles. The largest absolute Gasteiger partial charge is 0.500 e. The van der Waals surface area contributed by atoms with Crippen LogP contribution in [0.25, 0.3) is 0 Å². The molecule has 0 fully saturated rings.